The van der Waals surface area contributed by atoms with Gasteiger partial charge in [0.2, 0.25) is 10.0 Å². The van der Waals surface area contributed by atoms with Crippen molar-refractivity contribution in [1.82, 2.24) is 4.31 Å². The van der Waals surface area contributed by atoms with Crippen LogP contribution in [0.3, 0.4) is 0 Å². The van der Waals surface area contributed by atoms with Crippen LogP contribution >= 0.6 is 23.2 Å². The van der Waals surface area contributed by atoms with E-state index in [9.17, 15) is 8.42 Å². The maximum atomic E-state index is 12.3. The van der Waals surface area contributed by atoms with Gasteiger partial charge in [0.1, 0.15) is 0 Å². The Bertz CT molecular complexity index is 530. The molecule has 0 unspecified atom stereocenters. The molecular weight excluding hydrogens is 297 g/mol. The molecule has 100 valence electrons. The third-order valence-electron chi connectivity index (χ3n) is 2.88. The summed E-state index contributed by atoms with van der Waals surface area (Å²) < 4.78 is 31.1. The quantitative estimate of drug-likeness (QED) is 0.862. The van der Waals surface area contributed by atoms with E-state index in [1.165, 1.54) is 23.5 Å². The van der Waals surface area contributed by atoms with Gasteiger partial charge in [0.25, 0.3) is 0 Å². The smallest absolute Gasteiger partial charge is 0.243 e. The van der Waals surface area contributed by atoms with Crippen molar-refractivity contribution in [3.05, 3.63) is 22.2 Å². The van der Waals surface area contributed by atoms with Crippen molar-refractivity contribution in [2.45, 2.75) is 17.7 Å². The third-order valence-corrected chi connectivity index (χ3v) is 5.32. The van der Waals surface area contributed by atoms with Crippen molar-refractivity contribution in [1.29, 1.82) is 0 Å². The second kappa shape index (κ2) is 5.25. The molecule has 0 saturated carbocycles. The summed E-state index contributed by atoms with van der Waals surface area (Å²) >= 11 is 11.9. The van der Waals surface area contributed by atoms with E-state index in [1.54, 1.807) is 0 Å². The highest BCUT2D eigenvalue weighted by Crippen LogP contribution is 2.36. The summed E-state index contributed by atoms with van der Waals surface area (Å²) in [5.41, 5.74) is 0. The van der Waals surface area contributed by atoms with Gasteiger partial charge >= 0.3 is 0 Å². The standard InChI is InChI=1S/C11H13Cl2NO3S/c1-17-11-9(12)6-8(7-10(11)13)18(15,16)14-4-2-3-5-14/h6-7H,2-5H2,1H3. The molecule has 0 amide bonds. The first-order chi connectivity index (χ1) is 8.46. The Hall–Kier alpha value is -0.490. The van der Waals surface area contributed by atoms with Gasteiger partial charge in [-0.1, -0.05) is 23.2 Å². The topological polar surface area (TPSA) is 46.6 Å². The van der Waals surface area contributed by atoms with Gasteiger partial charge in [-0.05, 0) is 25.0 Å². The molecule has 1 saturated heterocycles. The first kappa shape index (κ1) is 13.9. The first-order valence-corrected chi connectivity index (χ1v) is 7.69. The number of rotatable bonds is 3. The molecule has 1 aromatic carbocycles. The van der Waals surface area contributed by atoms with E-state index in [0.717, 1.165) is 12.8 Å². The number of hydrogen-bond donors (Lipinski definition) is 0. The molecule has 0 bridgehead atoms. The SMILES string of the molecule is COc1c(Cl)cc(S(=O)(=O)N2CCCC2)cc1Cl. The highest BCUT2D eigenvalue weighted by atomic mass is 35.5. The van der Waals surface area contributed by atoms with Gasteiger partial charge in [-0.25, -0.2) is 8.42 Å². The zero-order valence-corrected chi connectivity index (χ0v) is 12.1. The molecule has 4 nitrogen and oxygen atoms in total. The van der Waals surface area contributed by atoms with Gasteiger partial charge in [0.05, 0.1) is 22.1 Å². The van der Waals surface area contributed by atoms with E-state index in [4.69, 9.17) is 27.9 Å². The van der Waals surface area contributed by atoms with Crippen LogP contribution in [0.15, 0.2) is 17.0 Å². The van der Waals surface area contributed by atoms with Gasteiger partial charge in [0.15, 0.2) is 5.75 Å². The van der Waals surface area contributed by atoms with Crippen molar-refractivity contribution in [2.75, 3.05) is 20.2 Å². The summed E-state index contributed by atoms with van der Waals surface area (Å²) in [4.78, 5) is 0.111. The van der Waals surface area contributed by atoms with Gasteiger partial charge < -0.3 is 4.74 Å². The number of nitrogens with zero attached hydrogens (tertiary/aromatic N) is 1. The fourth-order valence-electron chi connectivity index (χ4n) is 1.96. The Balaban J connectivity index is 2.45. The molecule has 18 heavy (non-hydrogen) atoms. The van der Waals surface area contributed by atoms with Gasteiger partial charge in [0, 0.05) is 13.1 Å². The molecule has 2 rings (SSSR count). The number of ether oxygens (including phenoxy) is 1. The van der Waals surface area contributed by atoms with Crippen LogP contribution < -0.4 is 4.74 Å². The highest BCUT2D eigenvalue weighted by Gasteiger charge is 2.28. The number of methoxy groups -OCH3 is 1. The lowest BCUT2D eigenvalue weighted by Crippen LogP contribution is -2.27. The Morgan fingerprint density at radius 2 is 1.67 bits per heavy atom. The zero-order valence-electron chi connectivity index (χ0n) is 9.82. The predicted octanol–water partition coefficient (Wildman–Crippen LogP) is 2.79. The molecule has 7 heteroatoms. The maximum Gasteiger partial charge on any atom is 0.243 e. The lowest BCUT2D eigenvalue weighted by molar-refractivity contribution is 0.414. The molecule has 1 fully saturated rings. The van der Waals surface area contributed by atoms with Gasteiger partial charge in [-0.15, -0.1) is 0 Å². The van der Waals surface area contributed by atoms with Crippen LogP contribution in [0.5, 0.6) is 5.75 Å². The third kappa shape index (κ3) is 2.45. The molecule has 0 aliphatic carbocycles. The lowest BCUT2D eigenvalue weighted by atomic mass is 10.3. The van der Waals surface area contributed by atoms with Crippen molar-refractivity contribution in [2.24, 2.45) is 0 Å². The molecule has 1 aliphatic heterocycles. The highest BCUT2D eigenvalue weighted by molar-refractivity contribution is 7.89. The molecule has 0 atom stereocenters. The summed E-state index contributed by atoms with van der Waals surface area (Å²) in [5.74, 6) is 0.290. The Morgan fingerprint density at radius 3 is 2.11 bits per heavy atom. The minimum Gasteiger partial charge on any atom is -0.494 e. The predicted molar refractivity (Wildman–Crippen MR) is 71.0 cm³/mol. The Labute approximate surface area is 116 Å². The van der Waals surface area contributed by atoms with E-state index in [1.807, 2.05) is 0 Å². The average Bonchev–Trinajstić information content (AvgIpc) is 2.82. The molecule has 1 heterocycles. The van der Waals surface area contributed by atoms with Crippen LogP contribution in [0.4, 0.5) is 0 Å². The van der Waals surface area contributed by atoms with E-state index in [-0.39, 0.29) is 14.9 Å². The van der Waals surface area contributed by atoms with Crippen LogP contribution in [0.1, 0.15) is 12.8 Å². The van der Waals surface area contributed by atoms with Crippen LogP contribution in [0.2, 0.25) is 10.0 Å². The van der Waals surface area contributed by atoms with E-state index in [0.29, 0.717) is 18.8 Å². The monoisotopic (exact) mass is 309 g/mol. The number of sulfonamides is 1. The van der Waals surface area contributed by atoms with Crippen molar-refractivity contribution < 1.29 is 13.2 Å². The first-order valence-electron chi connectivity index (χ1n) is 5.50. The zero-order chi connectivity index (χ0) is 13.3. The molecule has 0 spiro atoms. The molecule has 1 aromatic rings. The molecular formula is C11H13Cl2NO3S. The molecule has 0 radical (unpaired) electrons. The average molecular weight is 310 g/mol. The summed E-state index contributed by atoms with van der Waals surface area (Å²) in [5, 5.41) is 0.394. The maximum absolute atomic E-state index is 12.3. The van der Waals surface area contributed by atoms with Gasteiger partial charge in [-0.3, -0.25) is 0 Å². The van der Waals surface area contributed by atoms with E-state index >= 15 is 0 Å². The molecule has 0 aromatic heterocycles. The number of halogens is 2. The Kier molecular flexibility index (Phi) is 4.06. The fourth-order valence-corrected chi connectivity index (χ4v) is 4.30. The minimum absolute atomic E-state index is 0.111. The van der Waals surface area contributed by atoms with Crippen LogP contribution in [0, 0.1) is 0 Å². The number of benzene rings is 1. The Morgan fingerprint density at radius 1 is 1.17 bits per heavy atom. The summed E-state index contributed by atoms with van der Waals surface area (Å²) in [6.07, 6.45) is 1.77. The molecule has 0 N–H and O–H groups in total. The summed E-state index contributed by atoms with van der Waals surface area (Å²) in [6, 6.07) is 2.75. The van der Waals surface area contributed by atoms with Crippen molar-refractivity contribution in [3.63, 3.8) is 0 Å². The second-order valence-electron chi connectivity index (χ2n) is 4.03. The van der Waals surface area contributed by atoms with Crippen LogP contribution in [0.25, 0.3) is 0 Å². The molecule has 1 aliphatic rings. The van der Waals surface area contributed by atoms with Crippen LogP contribution in [-0.4, -0.2) is 32.9 Å². The number of hydrogen-bond acceptors (Lipinski definition) is 3. The second-order valence-corrected chi connectivity index (χ2v) is 6.78. The normalized spacial score (nSPS) is 17.1. The largest absolute Gasteiger partial charge is 0.494 e. The summed E-state index contributed by atoms with van der Waals surface area (Å²) in [6.45, 7) is 1.09. The minimum atomic E-state index is -3.50. The fraction of sp³-hybridized carbons (Fsp3) is 0.455. The van der Waals surface area contributed by atoms with Crippen LogP contribution in [-0.2, 0) is 10.0 Å². The van der Waals surface area contributed by atoms with E-state index in [2.05, 4.69) is 0 Å². The van der Waals surface area contributed by atoms with Gasteiger partial charge in [-0.2, -0.15) is 4.31 Å². The van der Waals surface area contributed by atoms with Crippen molar-refractivity contribution in [3.8, 4) is 5.75 Å². The summed E-state index contributed by atoms with van der Waals surface area (Å²) in [7, 11) is -2.07. The lowest BCUT2D eigenvalue weighted by Gasteiger charge is -2.16. The van der Waals surface area contributed by atoms with E-state index < -0.39 is 10.0 Å². The van der Waals surface area contributed by atoms with Crippen molar-refractivity contribution >= 4 is 33.2 Å².